The topological polar surface area (TPSA) is 58.6 Å². The summed E-state index contributed by atoms with van der Waals surface area (Å²) in [6, 6.07) is 4.31. The molecule has 122 valence electrons. The lowest BCUT2D eigenvalue weighted by Crippen LogP contribution is -2.39. The number of hydrogen-bond acceptors (Lipinski definition) is 3. The number of carbonyl (C=O) groups is 1. The zero-order valence-electron chi connectivity index (χ0n) is 13.2. The highest BCUT2D eigenvalue weighted by Gasteiger charge is 2.32. The van der Waals surface area contributed by atoms with Gasteiger partial charge in [0.2, 0.25) is 5.91 Å². The van der Waals surface area contributed by atoms with E-state index in [0.717, 1.165) is 19.3 Å². The molecule has 1 aromatic carbocycles. The minimum atomic E-state index is -0.882. The fourth-order valence-corrected chi connectivity index (χ4v) is 3.01. The highest BCUT2D eigenvalue weighted by Crippen LogP contribution is 2.31. The molecule has 0 aromatic heterocycles. The first-order valence-electron chi connectivity index (χ1n) is 7.79. The van der Waals surface area contributed by atoms with Crippen molar-refractivity contribution in [2.45, 2.75) is 57.1 Å². The van der Waals surface area contributed by atoms with Crippen LogP contribution in [0.5, 0.6) is 5.75 Å². The predicted molar refractivity (Wildman–Crippen MR) is 82.2 cm³/mol. The average molecular weight is 309 g/mol. The Morgan fingerprint density at radius 2 is 2.09 bits per heavy atom. The van der Waals surface area contributed by atoms with Gasteiger partial charge in [0, 0.05) is 0 Å². The third-order valence-electron chi connectivity index (χ3n) is 4.33. The molecule has 0 aliphatic heterocycles. The molecule has 0 heterocycles. The van der Waals surface area contributed by atoms with E-state index in [1.165, 1.54) is 13.2 Å². The first kappa shape index (κ1) is 16.7. The van der Waals surface area contributed by atoms with Crippen LogP contribution in [0.3, 0.4) is 0 Å². The highest BCUT2D eigenvalue weighted by atomic mass is 19.1. The van der Waals surface area contributed by atoms with Gasteiger partial charge in [0.25, 0.3) is 0 Å². The van der Waals surface area contributed by atoms with Crippen LogP contribution in [-0.4, -0.2) is 23.7 Å². The van der Waals surface area contributed by atoms with Crippen molar-refractivity contribution in [2.75, 3.05) is 7.11 Å². The summed E-state index contributed by atoms with van der Waals surface area (Å²) in [4.78, 5) is 12.1. The number of carbonyl (C=O) groups excluding carboxylic acids is 1. The third kappa shape index (κ3) is 4.19. The summed E-state index contributed by atoms with van der Waals surface area (Å²) in [6.07, 6.45) is 4.49. The molecule has 1 amide bonds. The van der Waals surface area contributed by atoms with Crippen LogP contribution in [0.4, 0.5) is 4.39 Å². The second-order valence-electron chi connectivity index (χ2n) is 6.14. The Bertz CT molecular complexity index is 527. The van der Waals surface area contributed by atoms with Gasteiger partial charge in [-0.3, -0.25) is 4.79 Å². The Labute approximate surface area is 130 Å². The summed E-state index contributed by atoms with van der Waals surface area (Å²) in [7, 11) is 1.41. The summed E-state index contributed by atoms with van der Waals surface area (Å²) in [6.45, 7) is 1.80. The Morgan fingerprint density at radius 1 is 1.41 bits per heavy atom. The van der Waals surface area contributed by atoms with Gasteiger partial charge in [-0.1, -0.05) is 25.3 Å². The molecule has 22 heavy (non-hydrogen) atoms. The molecule has 5 heteroatoms. The molecule has 1 aromatic rings. The van der Waals surface area contributed by atoms with Crippen LogP contribution < -0.4 is 10.1 Å². The Hall–Kier alpha value is -1.62. The average Bonchev–Trinajstić information content (AvgIpc) is 2.47. The lowest BCUT2D eigenvalue weighted by atomic mass is 9.82. The van der Waals surface area contributed by atoms with Gasteiger partial charge in [0.1, 0.15) is 0 Å². The lowest BCUT2D eigenvalue weighted by Gasteiger charge is -2.31. The molecule has 0 bridgehead atoms. The van der Waals surface area contributed by atoms with Crippen LogP contribution in [0.15, 0.2) is 18.2 Å². The first-order valence-corrected chi connectivity index (χ1v) is 7.79. The zero-order chi connectivity index (χ0) is 16.2. The summed E-state index contributed by atoms with van der Waals surface area (Å²) in [5, 5.41) is 13.2. The quantitative estimate of drug-likeness (QED) is 0.878. The van der Waals surface area contributed by atoms with E-state index in [9.17, 15) is 14.3 Å². The maximum absolute atomic E-state index is 13.7. The van der Waals surface area contributed by atoms with Gasteiger partial charge in [0.15, 0.2) is 11.6 Å². The number of nitrogens with one attached hydrogen (secondary N) is 1. The standard InChI is InChI=1S/C17H24FNO3/c1-12(13-6-7-15(22-2)14(18)10-13)19-16(20)11-17(21)8-4-3-5-9-17/h6-7,10,12,21H,3-5,8-9,11H2,1-2H3,(H,19,20). The monoisotopic (exact) mass is 309 g/mol. The summed E-state index contributed by atoms with van der Waals surface area (Å²) in [5.74, 6) is -0.473. The smallest absolute Gasteiger partial charge is 0.223 e. The van der Waals surface area contributed by atoms with E-state index >= 15 is 0 Å². The second-order valence-corrected chi connectivity index (χ2v) is 6.14. The number of aliphatic hydroxyl groups is 1. The summed E-state index contributed by atoms with van der Waals surface area (Å²) < 4.78 is 18.6. The van der Waals surface area contributed by atoms with Crippen molar-refractivity contribution >= 4 is 5.91 Å². The van der Waals surface area contributed by atoms with E-state index in [0.29, 0.717) is 18.4 Å². The van der Waals surface area contributed by atoms with E-state index in [4.69, 9.17) is 4.74 Å². The Kier molecular flexibility index (Phi) is 5.40. The number of halogens is 1. The number of hydrogen-bond donors (Lipinski definition) is 2. The Balaban J connectivity index is 1.94. The number of methoxy groups -OCH3 is 1. The van der Waals surface area contributed by atoms with Crippen LogP contribution in [0.2, 0.25) is 0 Å². The molecule has 0 spiro atoms. The first-order chi connectivity index (χ1) is 10.4. The molecular weight excluding hydrogens is 285 g/mol. The minimum Gasteiger partial charge on any atom is -0.494 e. The molecule has 4 nitrogen and oxygen atoms in total. The van der Waals surface area contributed by atoms with Crippen molar-refractivity contribution in [2.24, 2.45) is 0 Å². The van der Waals surface area contributed by atoms with Gasteiger partial charge in [-0.2, -0.15) is 0 Å². The van der Waals surface area contributed by atoms with Crippen molar-refractivity contribution in [3.05, 3.63) is 29.6 Å². The summed E-state index contributed by atoms with van der Waals surface area (Å²) in [5.41, 5.74) is -0.213. The van der Waals surface area contributed by atoms with Gasteiger partial charge in [-0.15, -0.1) is 0 Å². The van der Waals surface area contributed by atoms with E-state index in [1.54, 1.807) is 19.1 Å². The highest BCUT2D eigenvalue weighted by molar-refractivity contribution is 5.77. The number of amides is 1. The molecule has 1 saturated carbocycles. The fraction of sp³-hybridized carbons (Fsp3) is 0.588. The van der Waals surface area contributed by atoms with E-state index < -0.39 is 11.4 Å². The molecule has 1 fully saturated rings. The van der Waals surface area contributed by atoms with Crippen molar-refractivity contribution in [3.63, 3.8) is 0 Å². The van der Waals surface area contributed by atoms with E-state index in [2.05, 4.69) is 5.32 Å². The van der Waals surface area contributed by atoms with Crippen molar-refractivity contribution in [3.8, 4) is 5.75 Å². The lowest BCUT2D eigenvalue weighted by molar-refractivity contribution is -0.128. The van der Waals surface area contributed by atoms with Gasteiger partial charge in [0.05, 0.1) is 25.2 Å². The van der Waals surface area contributed by atoms with Crippen molar-refractivity contribution < 1.29 is 19.0 Å². The van der Waals surface area contributed by atoms with Crippen molar-refractivity contribution in [1.82, 2.24) is 5.32 Å². The van der Waals surface area contributed by atoms with E-state index in [-0.39, 0.29) is 24.1 Å². The molecule has 1 unspecified atom stereocenters. The Morgan fingerprint density at radius 3 is 2.68 bits per heavy atom. The largest absolute Gasteiger partial charge is 0.494 e. The molecule has 2 rings (SSSR count). The molecule has 2 N–H and O–H groups in total. The maximum atomic E-state index is 13.7. The van der Waals surface area contributed by atoms with Crippen LogP contribution in [0.25, 0.3) is 0 Å². The van der Waals surface area contributed by atoms with Crippen LogP contribution in [0.1, 0.15) is 57.1 Å². The summed E-state index contributed by atoms with van der Waals surface area (Å²) >= 11 is 0. The molecule has 1 atom stereocenters. The second kappa shape index (κ2) is 7.09. The van der Waals surface area contributed by atoms with Gasteiger partial charge < -0.3 is 15.2 Å². The number of benzene rings is 1. The normalized spacial score (nSPS) is 18.5. The number of ether oxygens (including phenoxy) is 1. The number of rotatable bonds is 5. The maximum Gasteiger partial charge on any atom is 0.223 e. The third-order valence-corrected chi connectivity index (χ3v) is 4.33. The molecule has 1 aliphatic carbocycles. The molecule has 1 aliphatic rings. The van der Waals surface area contributed by atoms with E-state index in [1.807, 2.05) is 0 Å². The molecule has 0 saturated heterocycles. The van der Waals surface area contributed by atoms with Crippen LogP contribution in [0, 0.1) is 5.82 Å². The SMILES string of the molecule is COc1ccc(C(C)NC(=O)CC2(O)CCCCC2)cc1F. The van der Waals surface area contributed by atoms with Gasteiger partial charge >= 0.3 is 0 Å². The van der Waals surface area contributed by atoms with Gasteiger partial charge in [-0.25, -0.2) is 4.39 Å². The minimum absolute atomic E-state index is 0.107. The van der Waals surface area contributed by atoms with Crippen LogP contribution >= 0.6 is 0 Å². The fourth-order valence-electron chi connectivity index (χ4n) is 3.01. The van der Waals surface area contributed by atoms with Crippen LogP contribution in [-0.2, 0) is 4.79 Å². The van der Waals surface area contributed by atoms with Gasteiger partial charge in [-0.05, 0) is 37.5 Å². The van der Waals surface area contributed by atoms with Crippen molar-refractivity contribution in [1.29, 1.82) is 0 Å². The predicted octanol–water partition coefficient (Wildman–Crippen LogP) is 3.10. The molecular formula is C17H24FNO3. The zero-order valence-corrected chi connectivity index (χ0v) is 13.2. The molecule has 0 radical (unpaired) electrons.